The molecule has 0 spiro atoms. The first-order chi connectivity index (χ1) is 15.0. The van der Waals surface area contributed by atoms with Crippen LogP contribution in [0.25, 0.3) is 10.9 Å². The number of halogens is 1. The number of esters is 2. The molecule has 0 N–H and O–H groups in total. The highest BCUT2D eigenvalue weighted by atomic mass is 79.9. The third-order valence-electron chi connectivity index (χ3n) is 4.96. The summed E-state index contributed by atoms with van der Waals surface area (Å²) in [5.74, 6) is -0.0802. The van der Waals surface area contributed by atoms with Gasteiger partial charge in [-0.1, -0.05) is 30.3 Å². The van der Waals surface area contributed by atoms with E-state index >= 15 is 0 Å². The van der Waals surface area contributed by atoms with Gasteiger partial charge in [0, 0.05) is 18.1 Å². The summed E-state index contributed by atoms with van der Waals surface area (Å²) >= 11 is 3.58. The van der Waals surface area contributed by atoms with Crippen LogP contribution in [0.15, 0.2) is 46.9 Å². The minimum Gasteiger partial charge on any atom is -0.488 e. The van der Waals surface area contributed by atoms with Crippen molar-refractivity contribution in [1.29, 1.82) is 0 Å². The van der Waals surface area contributed by atoms with Gasteiger partial charge in [0.25, 0.3) is 0 Å². The second-order valence-electron chi connectivity index (χ2n) is 6.98. The van der Waals surface area contributed by atoms with Gasteiger partial charge in [-0.3, -0.25) is 4.79 Å². The van der Waals surface area contributed by atoms with Gasteiger partial charge in [-0.05, 0) is 53.9 Å². The summed E-state index contributed by atoms with van der Waals surface area (Å²) in [4.78, 5) is 24.7. The van der Waals surface area contributed by atoms with Crippen molar-refractivity contribution in [3.63, 3.8) is 0 Å². The Bertz CT molecular complexity index is 1070. The van der Waals surface area contributed by atoms with Gasteiger partial charge in [0.15, 0.2) is 0 Å². The Morgan fingerprint density at radius 1 is 1.03 bits per heavy atom. The van der Waals surface area contributed by atoms with Crippen LogP contribution in [0.3, 0.4) is 0 Å². The number of carbonyl (C=O) groups is 2. The molecule has 0 saturated carbocycles. The van der Waals surface area contributed by atoms with Crippen LogP contribution in [0, 0.1) is 0 Å². The number of hydrogen-bond donors (Lipinski definition) is 0. The van der Waals surface area contributed by atoms with E-state index in [1.165, 1.54) is 0 Å². The number of fused-ring (bicyclic) bond motifs is 1. The summed E-state index contributed by atoms with van der Waals surface area (Å²) in [7, 11) is 1.88. The minimum absolute atomic E-state index is 0.183. The second-order valence-corrected chi connectivity index (χ2v) is 7.83. The fraction of sp³-hybridized carbons (Fsp3) is 0.333. The lowest BCUT2D eigenvalue weighted by atomic mass is 10.1. The van der Waals surface area contributed by atoms with Crippen molar-refractivity contribution in [2.75, 3.05) is 13.2 Å². The highest BCUT2D eigenvalue weighted by molar-refractivity contribution is 9.10. The quantitative estimate of drug-likeness (QED) is 0.388. The third kappa shape index (κ3) is 5.28. The molecule has 0 saturated heterocycles. The van der Waals surface area contributed by atoms with E-state index in [9.17, 15) is 9.59 Å². The van der Waals surface area contributed by atoms with E-state index in [2.05, 4.69) is 15.9 Å². The monoisotopic (exact) mass is 487 g/mol. The lowest BCUT2D eigenvalue weighted by Gasteiger charge is -2.09. The molecule has 31 heavy (non-hydrogen) atoms. The maximum absolute atomic E-state index is 12.8. The Morgan fingerprint density at radius 3 is 2.42 bits per heavy atom. The van der Waals surface area contributed by atoms with E-state index < -0.39 is 5.97 Å². The SMILES string of the molecule is CCOC(=O)CCc1c(C(=O)OCC)c2cc(OCc3ccccc3)c(Br)cc2n1C. The average molecular weight is 488 g/mol. The first kappa shape index (κ1) is 22.9. The van der Waals surface area contributed by atoms with Crippen LogP contribution in [0.4, 0.5) is 0 Å². The van der Waals surface area contributed by atoms with Gasteiger partial charge in [-0.15, -0.1) is 0 Å². The summed E-state index contributed by atoms with van der Waals surface area (Å²) in [6, 6.07) is 13.6. The van der Waals surface area contributed by atoms with Crippen molar-refractivity contribution in [2.45, 2.75) is 33.3 Å². The maximum Gasteiger partial charge on any atom is 0.340 e. The Kier molecular flexibility index (Phi) is 7.74. The number of hydrogen-bond acceptors (Lipinski definition) is 5. The van der Waals surface area contributed by atoms with Crippen molar-refractivity contribution in [1.82, 2.24) is 4.57 Å². The van der Waals surface area contributed by atoms with Crippen molar-refractivity contribution < 1.29 is 23.8 Å². The van der Waals surface area contributed by atoms with Gasteiger partial charge in [-0.2, -0.15) is 0 Å². The summed E-state index contributed by atoms with van der Waals surface area (Å²) in [6.07, 6.45) is 0.554. The van der Waals surface area contributed by atoms with E-state index in [0.717, 1.165) is 26.6 Å². The molecule has 0 amide bonds. The zero-order valence-electron chi connectivity index (χ0n) is 17.9. The molecule has 0 fully saturated rings. The van der Waals surface area contributed by atoms with Crippen LogP contribution in [0.5, 0.6) is 5.75 Å². The molecule has 0 aliphatic heterocycles. The number of aryl methyl sites for hydroxylation is 1. The first-order valence-electron chi connectivity index (χ1n) is 10.3. The molecule has 7 heteroatoms. The van der Waals surface area contributed by atoms with E-state index in [4.69, 9.17) is 14.2 Å². The molecule has 3 rings (SSSR count). The van der Waals surface area contributed by atoms with Gasteiger partial charge in [0.05, 0.1) is 35.2 Å². The van der Waals surface area contributed by atoms with Crippen molar-refractivity contribution in [3.05, 3.63) is 63.8 Å². The summed E-state index contributed by atoms with van der Waals surface area (Å²) in [5, 5.41) is 0.728. The van der Waals surface area contributed by atoms with Gasteiger partial charge in [-0.25, -0.2) is 4.79 Å². The van der Waals surface area contributed by atoms with Crippen molar-refractivity contribution >= 4 is 38.8 Å². The van der Waals surface area contributed by atoms with Crippen molar-refractivity contribution in [3.8, 4) is 5.75 Å². The van der Waals surface area contributed by atoms with Gasteiger partial charge < -0.3 is 18.8 Å². The average Bonchev–Trinajstić information content (AvgIpc) is 3.02. The van der Waals surface area contributed by atoms with Crippen LogP contribution >= 0.6 is 15.9 Å². The van der Waals surface area contributed by atoms with Crippen LogP contribution in [0.1, 0.15) is 41.9 Å². The molecule has 0 radical (unpaired) electrons. The number of ether oxygens (including phenoxy) is 3. The number of nitrogens with zero attached hydrogens (tertiary/aromatic N) is 1. The number of aromatic nitrogens is 1. The molecule has 0 aliphatic carbocycles. The second kappa shape index (κ2) is 10.5. The number of benzene rings is 2. The molecule has 0 aliphatic rings. The van der Waals surface area contributed by atoms with Crippen molar-refractivity contribution in [2.24, 2.45) is 7.05 Å². The lowest BCUT2D eigenvalue weighted by Crippen LogP contribution is -2.12. The lowest BCUT2D eigenvalue weighted by molar-refractivity contribution is -0.143. The predicted octanol–water partition coefficient (Wildman–Crippen LogP) is 5.19. The number of carbonyl (C=O) groups excluding carboxylic acids is 2. The highest BCUT2D eigenvalue weighted by Gasteiger charge is 2.24. The predicted molar refractivity (Wildman–Crippen MR) is 122 cm³/mol. The van der Waals surface area contributed by atoms with Crippen LogP contribution in [-0.2, 0) is 34.3 Å². The summed E-state index contributed by atoms with van der Waals surface area (Å²) in [6.45, 7) is 4.54. The molecule has 0 bridgehead atoms. The van der Waals surface area contributed by atoms with E-state index in [0.29, 0.717) is 30.9 Å². The Labute approximate surface area is 190 Å². The van der Waals surface area contributed by atoms with Gasteiger partial charge in [0.2, 0.25) is 0 Å². The first-order valence-corrected chi connectivity index (χ1v) is 11.1. The third-order valence-corrected chi connectivity index (χ3v) is 5.58. The molecule has 2 aromatic carbocycles. The van der Waals surface area contributed by atoms with E-state index in [1.54, 1.807) is 13.8 Å². The number of rotatable bonds is 9. The zero-order chi connectivity index (χ0) is 22.4. The highest BCUT2D eigenvalue weighted by Crippen LogP contribution is 2.36. The molecule has 1 aromatic heterocycles. The molecule has 0 atom stereocenters. The van der Waals surface area contributed by atoms with E-state index in [-0.39, 0.29) is 19.0 Å². The Hall–Kier alpha value is -2.80. The van der Waals surface area contributed by atoms with Crippen LogP contribution in [0.2, 0.25) is 0 Å². The summed E-state index contributed by atoms with van der Waals surface area (Å²) < 4.78 is 19.1. The Balaban J connectivity index is 2.00. The van der Waals surface area contributed by atoms with Crippen LogP contribution < -0.4 is 4.74 Å². The smallest absolute Gasteiger partial charge is 0.340 e. The fourth-order valence-electron chi connectivity index (χ4n) is 3.51. The minimum atomic E-state index is -0.414. The fourth-order valence-corrected chi connectivity index (χ4v) is 3.96. The molecule has 1 heterocycles. The summed E-state index contributed by atoms with van der Waals surface area (Å²) in [5.41, 5.74) is 3.08. The standard InChI is InChI=1S/C24H26BrNO5/c1-4-29-22(27)12-11-19-23(24(28)30-5-2)17-13-21(18(25)14-20(17)26(19)3)31-15-16-9-7-6-8-10-16/h6-10,13-14H,4-5,11-12,15H2,1-3H3. The van der Waals surface area contributed by atoms with Gasteiger partial charge >= 0.3 is 11.9 Å². The maximum atomic E-state index is 12.8. The largest absolute Gasteiger partial charge is 0.488 e. The molecule has 3 aromatic rings. The molecule has 0 unspecified atom stereocenters. The zero-order valence-corrected chi connectivity index (χ0v) is 19.5. The van der Waals surface area contributed by atoms with Crippen LogP contribution in [-0.4, -0.2) is 29.7 Å². The topological polar surface area (TPSA) is 66.8 Å². The van der Waals surface area contributed by atoms with E-state index in [1.807, 2.05) is 54.1 Å². The van der Waals surface area contributed by atoms with Gasteiger partial charge in [0.1, 0.15) is 12.4 Å². The molecule has 6 nitrogen and oxygen atoms in total. The molecular weight excluding hydrogens is 462 g/mol. The molecule has 164 valence electrons. The Morgan fingerprint density at radius 2 is 1.74 bits per heavy atom. The molecular formula is C24H26BrNO5. The normalized spacial score (nSPS) is 10.8.